The number of aryl methyl sites for hydroxylation is 1. The van der Waals surface area contributed by atoms with E-state index in [0.29, 0.717) is 6.54 Å². The van der Waals surface area contributed by atoms with E-state index in [9.17, 15) is 4.79 Å². The van der Waals surface area contributed by atoms with Gasteiger partial charge in [-0.15, -0.1) is 11.3 Å². The Bertz CT molecular complexity index is 741. The van der Waals surface area contributed by atoms with Crippen LogP contribution in [0.2, 0.25) is 0 Å². The average Bonchev–Trinajstić information content (AvgIpc) is 3.14. The Kier molecular flexibility index (Phi) is 5.62. The molecule has 2 aromatic heterocycles. The number of carbonyl (C=O) groups is 1. The lowest BCUT2D eigenvalue weighted by Gasteiger charge is -2.34. The van der Waals surface area contributed by atoms with Gasteiger partial charge in [0.05, 0.1) is 29.8 Å². The molecule has 1 aliphatic carbocycles. The molecule has 0 spiro atoms. The number of rotatable bonds is 5. The Morgan fingerprint density at radius 1 is 1.27 bits per heavy atom. The van der Waals surface area contributed by atoms with Crippen molar-refractivity contribution in [3.63, 3.8) is 0 Å². The third-order valence-electron chi connectivity index (χ3n) is 5.28. The van der Waals surface area contributed by atoms with Gasteiger partial charge in [0.1, 0.15) is 0 Å². The Labute approximate surface area is 158 Å². The number of ether oxygens (including phenoxy) is 1. The molecule has 4 rings (SSSR count). The molecule has 0 radical (unpaired) electrons. The van der Waals surface area contributed by atoms with Gasteiger partial charge in [-0.2, -0.15) is 0 Å². The molecule has 0 bridgehead atoms. The van der Waals surface area contributed by atoms with Crippen LogP contribution in [-0.4, -0.2) is 48.6 Å². The van der Waals surface area contributed by atoms with Gasteiger partial charge in [-0.05, 0) is 54.3 Å². The first-order chi connectivity index (χ1) is 12.8. The van der Waals surface area contributed by atoms with Crippen molar-refractivity contribution >= 4 is 17.2 Å². The van der Waals surface area contributed by atoms with Crippen LogP contribution < -0.4 is 5.32 Å². The van der Waals surface area contributed by atoms with Crippen molar-refractivity contribution < 1.29 is 9.53 Å². The maximum absolute atomic E-state index is 12.8. The Morgan fingerprint density at radius 2 is 2.12 bits per heavy atom. The molecule has 1 amide bonds. The number of amides is 1. The molecule has 1 fully saturated rings. The molecule has 26 heavy (non-hydrogen) atoms. The number of carbonyl (C=O) groups excluding carboxylic acids is 1. The molecule has 0 unspecified atom stereocenters. The quantitative estimate of drug-likeness (QED) is 0.878. The molecule has 1 aliphatic heterocycles. The first-order valence-corrected chi connectivity index (χ1v) is 10.3. The van der Waals surface area contributed by atoms with Gasteiger partial charge in [-0.1, -0.05) is 6.07 Å². The monoisotopic (exact) mass is 371 g/mol. The maximum atomic E-state index is 12.8. The summed E-state index contributed by atoms with van der Waals surface area (Å²) in [6.07, 6.45) is 6.40. The normalized spacial score (nSPS) is 18.9. The van der Waals surface area contributed by atoms with Crippen molar-refractivity contribution in [2.24, 2.45) is 0 Å². The second-order valence-electron chi connectivity index (χ2n) is 6.90. The number of aromatic nitrogens is 1. The van der Waals surface area contributed by atoms with Gasteiger partial charge in [0.25, 0.3) is 5.91 Å². The zero-order valence-electron chi connectivity index (χ0n) is 14.9. The van der Waals surface area contributed by atoms with Crippen LogP contribution in [0.5, 0.6) is 0 Å². The van der Waals surface area contributed by atoms with Gasteiger partial charge in [0.15, 0.2) is 0 Å². The molecule has 1 saturated heterocycles. The van der Waals surface area contributed by atoms with Crippen molar-refractivity contribution in [2.45, 2.75) is 31.7 Å². The lowest BCUT2D eigenvalue weighted by atomic mass is 9.94. The molecular formula is C20H25N3O2S. The fourth-order valence-electron chi connectivity index (χ4n) is 3.86. The minimum atomic E-state index is 0.0624. The van der Waals surface area contributed by atoms with E-state index in [1.807, 2.05) is 24.4 Å². The lowest BCUT2D eigenvalue weighted by Crippen LogP contribution is -2.44. The number of hydrogen-bond acceptors (Lipinski definition) is 5. The van der Waals surface area contributed by atoms with Crippen molar-refractivity contribution in [3.8, 4) is 0 Å². The Hall–Kier alpha value is -1.76. The highest BCUT2D eigenvalue weighted by Gasteiger charge is 2.26. The largest absolute Gasteiger partial charge is 0.379 e. The molecule has 5 nitrogen and oxygen atoms in total. The number of nitrogens with zero attached hydrogens (tertiary/aromatic N) is 2. The SMILES string of the molecule is O=C(NC[C@@H](c1ccccn1)N1CCOCC1)c1scc2c1CCCC2. The number of pyridine rings is 1. The van der Waals surface area contributed by atoms with Crippen LogP contribution >= 0.6 is 11.3 Å². The predicted octanol–water partition coefficient (Wildman–Crippen LogP) is 2.83. The summed E-state index contributed by atoms with van der Waals surface area (Å²) in [7, 11) is 0. The lowest BCUT2D eigenvalue weighted by molar-refractivity contribution is 0.0154. The number of hydrogen-bond donors (Lipinski definition) is 1. The summed E-state index contributed by atoms with van der Waals surface area (Å²) < 4.78 is 5.48. The number of thiophene rings is 1. The summed E-state index contributed by atoms with van der Waals surface area (Å²) in [4.78, 5) is 20.6. The molecule has 1 atom stereocenters. The van der Waals surface area contributed by atoms with Gasteiger partial charge in [-0.3, -0.25) is 14.7 Å². The fourth-order valence-corrected chi connectivity index (χ4v) is 4.94. The third kappa shape index (κ3) is 3.82. The summed E-state index contributed by atoms with van der Waals surface area (Å²) in [6, 6.07) is 6.06. The van der Waals surface area contributed by atoms with Crippen LogP contribution in [0, 0.1) is 0 Å². The molecule has 3 heterocycles. The highest BCUT2D eigenvalue weighted by Crippen LogP contribution is 2.30. The van der Waals surface area contributed by atoms with Gasteiger partial charge in [0.2, 0.25) is 0 Å². The predicted molar refractivity (Wildman–Crippen MR) is 103 cm³/mol. The summed E-state index contributed by atoms with van der Waals surface area (Å²) in [5.74, 6) is 0.0624. The van der Waals surface area contributed by atoms with E-state index in [4.69, 9.17) is 4.74 Å². The molecule has 1 N–H and O–H groups in total. The van der Waals surface area contributed by atoms with Gasteiger partial charge >= 0.3 is 0 Å². The molecule has 0 saturated carbocycles. The molecule has 138 valence electrons. The second-order valence-corrected chi connectivity index (χ2v) is 7.78. The minimum absolute atomic E-state index is 0.0624. The smallest absolute Gasteiger partial charge is 0.261 e. The maximum Gasteiger partial charge on any atom is 0.261 e. The van der Waals surface area contributed by atoms with Crippen LogP contribution in [0.3, 0.4) is 0 Å². The van der Waals surface area contributed by atoms with Crippen LogP contribution in [0.25, 0.3) is 0 Å². The van der Waals surface area contributed by atoms with E-state index in [1.54, 1.807) is 11.3 Å². The first-order valence-electron chi connectivity index (χ1n) is 9.43. The number of fused-ring (bicyclic) bond motifs is 1. The second kappa shape index (κ2) is 8.29. The van der Waals surface area contributed by atoms with Crippen molar-refractivity contribution in [3.05, 3.63) is 51.5 Å². The van der Waals surface area contributed by atoms with Crippen LogP contribution in [-0.2, 0) is 17.6 Å². The summed E-state index contributed by atoms with van der Waals surface area (Å²) in [5.41, 5.74) is 3.66. The minimum Gasteiger partial charge on any atom is -0.379 e. The summed E-state index contributed by atoms with van der Waals surface area (Å²) in [6.45, 7) is 3.77. The zero-order valence-corrected chi connectivity index (χ0v) is 15.8. The zero-order chi connectivity index (χ0) is 17.8. The fraction of sp³-hybridized carbons (Fsp3) is 0.500. The van der Waals surface area contributed by atoms with E-state index in [-0.39, 0.29) is 11.9 Å². The van der Waals surface area contributed by atoms with Gasteiger partial charge < -0.3 is 10.1 Å². The van der Waals surface area contributed by atoms with Crippen LogP contribution in [0.4, 0.5) is 0 Å². The van der Waals surface area contributed by atoms with Gasteiger partial charge in [0, 0.05) is 25.8 Å². The van der Waals surface area contributed by atoms with E-state index in [1.165, 1.54) is 24.0 Å². The van der Waals surface area contributed by atoms with E-state index < -0.39 is 0 Å². The van der Waals surface area contributed by atoms with E-state index >= 15 is 0 Å². The number of nitrogens with one attached hydrogen (secondary N) is 1. The molecular weight excluding hydrogens is 346 g/mol. The Morgan fingerprint density at radius 3 is 2.92 bits per heavy atom. The topological polar surface area (TPSA) is 54.5 Å². The summed E-state index contributed by atoms with van der Waals surface area (Å²) >= 11 is 1.60. The third-order valence-corrected chi connectivity index (χ3v) is 6.35. The Balaban J connectivity index is 1.47. The summed E-state index contributed by atoms with van der Waals surface area (Å²) in [5, 5.41) is 5.35. The van der Waals surface area contributed by atoms with Crippen molar-refractivity contribution in [1.29, 1.82) is 0 Å². The highest BCUT2D eigenvalue weighted by molar-refractivity contribution is 7.12. The number of morpholine rings is 1. The average molecular weight is 372 g/mol. The molecule has 2 aliphatic rings. The van der Waals surface area contributed by atoms with Crippen molar-refractivity contribution in [1.82, 2.24) is 15.2 Å². The molecule has 0 aromatic carbocycles. The first kappa shape index (κ1) is 17.6. The molecule has 2 aromatic rings. The van der Waals surface area contributed by atoms with E-state index in [0.717, 1.165) is 49.7 Å². The molecule has 6 heteroatoms. The van der Waals surface area contributed by atoms with Crippen LogP contribution in [0.1, 0.15) is 45.4 Å². The van der Waals surface area contributed by atoms with E-state index in [2.05, 4.69) is 20.6 Å². The highest BCUT2D eigenvalue weighted by atomic mass is 32.1. The van der Waals surface area contributed by atoms with Crippen molar-refractivity contribution in [2.75, 3.05) is 32.8 Å². The van der Waals surface area contributed by atoms with Crippen LogP contribution in [0.15, 0.2) is 29.8 Å². The standard InChI is InChI=1S/C20H25N3O2S/c24-20(19-16-6-2-1-5-15(16)14-26-19)22-13-18(17-7-3-4-8-21-17)23-9-11-25-12-10-23/h3-4,7-8,14,18H,1-2,5-6,9-13H2,(H,22,24)/t18-/m0/s1. The van der Waals surface area contributed by atoms with Gasteiger partial charge in [-0.25, -0.2) is 0 Å².